The maximum atomic E-state index is 13.4. The van der Waals surface area contributed by atoms with Crippen LogP contribution in [0.2, 0.25) is 0 Å². The van der Waals surface area contributed by atoms with E-state index >= 15 is 0 Å². The highest BCUT2D eigenvalue weighted by atomic mass is 32.2. The highest BCUT2D eigenvalue weighted by molar-refractivity contribution is 7.89. The molecule has 0 radical (unpaired) electrons. The Hall–Kier alpha value is -2.62. The average molecular weight is 489 g/mol. The Bertz CT molecular complexity index is 1140. The Labute approximate surface area is 201 Å². The summed E-state index contributed by atoms with van der Waals surface area (Å²) in [6.45, 7) is 8.39. The molecule has 184 valence electrons. The number of carbonyl (C=O) groups excluding carboxylic acids is 1. The van der Waals surface area contributed by atoms with E-state index in [-0.39, 0.29) is 22.8 Å². The van der Waals surface area contributed by atoms with E-state index in [0.29, 0.717) is 62.1 Å². The van der Waals surface area contributed by atoms with Gasteiger partial charge in [-0.15, -0.1) is 0 Å². The number of sulfonamides is 1. The molecule has 2 aromatic rings. The third-order valence-electron chi connectivity index (χ3n) is 6.15. The topological polar surface area (TPSA) is 94.2 Å². The molecule has 2 aliphatic heterocycles. The quantitative estimate of drug-likeness (QED) is 0.671. The summed E-state index contributed by atoms with van der Waals surface area (Å²) in [5.74, 6) is 1.15. The Morgan fingerprint density at radius 3 is 2.38 bits per heavy atom. The minimum Gasteiger partial charge on any atom is -0.490 e. The van der Waals surface area contributed by atoms with Crippen molar-refractivity contribution < 1.29 is 27.4 Å². The number of nitrogens with one attached hydrogen (secondary N) is 1. The molecule has 2 heterocycles. The van der Waals surface area contributed by atoms with Gasteiger partial charge in [-0.25, -0.2) is 8.42 Å². The SMILES string of the molecule is Cc1ccc(S(=O)(=O)N2CCOCC2)cc1C(=O)N[C@@H](c1ccc2c(c1)OCCCO2)C(C)C. The zero-order valence-electron chi connectivity index (χ0n) is 19.9. The van der Waals surface area contributed by atoms with Crippen LogP contribution < -0.4 is 14.8 Å². The fourth-order valence-electron chi connectivity index (χ4n) is 4.17. The van der Waals surface area contributed by atoms with E-state index in [0.717, 1.165) is 12.0 Å². The highest BCUT2D eigenvalue weighted by Gasteiger charge is 2.28. The van der Waals surface area contributed by atoms with Crippen molar-refractivity contribution in [2.75, 3.05) is 39.5 Å². The van der Waals surface area contributed by atoms with Gasteiger partial charge >= 0.3 is 0 Å². The van der Waals surface area contributed by atoms with Gasteiger partial charge in [-0.2, -0.15) is 4.31 Å². The molecular weight excluding hydrogens is 456 g/mol. The van der Waals surface area contributed by atoms with Crippen LogP contribution in [0.1, 0.15) is 47.8 Å². The number of benzene rings is 2. The normalized spacial score (nSPS) is 17.8. The lowest BCUT2D eigenvalue weighted by molar-refractivity contribution is 0.0730. The lowest BCUT2D eigenvalue weighted by Gasteiger charge is -2.27. The highest BCUT2D eigenvalue weighted by Crippen LogP contribution is 2.34. The third-order valence-corrected chi connectivity index (χ3v) is 8.04. The molecule has 8 nitrogen and oxygen atoms in total. The smallest absolute Gasteiger partial charge is 0.252 e. The van der Waals surface area contributed by atoms with Crippen LogP contribution in [-0.4, -0.2) is 58.1 Å². The first-order valence-electron chi connectivity index (χ1n) is 11.7. The summed E-state index contributed by atoms with van der Waals surface area (Å²) in [4.78, 5) is 13.5. The van der Waals surface area contributed by atoms with E-state index in [9.17, 15) is 13.2 Å². The summed E-state index contributed by atoms with van der Waals surface area (Å²) in [5, 5.41) is 3.11. The molecule has 1 amide bonds. The van der Waals surface area contributed by atoms with Crippen molar-refractivity contribution in [3.63, 3.8) is 0 Å². The lowest BCUT2D eigenvalue weighted by atomic mass is 9.95. The molecule has 1 N–H and O–H groups in total. The first-order valence-corrected chi connectivity index (χ1v) is 13.1. The molecule has 1 fully saturated rings. The van der Waals surface area contributed by atoms with Gasteiger partial charge in [0.05, 0.1) is 37.4 Å². The first kappa shape index (κ1) is 24.5. The third kappa shape index (κ3) is 5.21. The van der Waals surface area contributed by atoms with Crippen LogP contribution in [0.25, 0.3) is 0 Å². The lowest BCUT2D eigenvalue weighted by Crippen LogP contribution is -2.40. The molecular formula is C25H32N2O6S. The van der Waals surface area contributed by atoms with Crippen molar-refractivity contribution in [1.29, 1.82) is 0 Å². The minimum atomic E-state index is -3.70. The first-order chi connectivity index (χ1) is 16.3. The Kier molecular flexibility index (Phi) is 7.45. The van der Waals surface area contributed by atoms with Gasteiger partial charge in [-0.3, -0.25) is 4.79 Å². The number of amides is 1. The van der Waals surface area contributed by atoms with Crippen LogP contribution in [-0.2, 0) is 14.8 Å². The van der Waals surface area contributed by atoms with Crippen LogP contribution in [0.5, 0.6) is 11.5 Å². The maximum Gasteiger partial charge on any atom is 0.252 e. The molecule has 0 aliphatic carbocycles. The summed E-state index contributed by atoms with van der Waals surface area (Å²) in [5.41, 5.74) is 1.95. The largest absolute Gasteiger partial charge is 0.490 e. The van der Waals surface area contributed by atoms with Gasteiger partial charge in [0, 0.05) is 25.1 Å². The number of hydrogen-bond acceptors (Lipinski definition) is 6. The van der Waals surface area contributed by atoms with Gasteiger partial charge in [0.25, 0.3) is 5.91 Å². The summed E-state index contributed by atoms with van der Waals surface area (Å²) < 4.78 is 44.4. The molecule has 0 saturated carbocycles. The van der Waals surface area contributed by atoms with E-state index in [1.807, 2.05) is 32.0 Å². The second kappa shape index (κ2) is 10.3. The molecule has 9 heteroatoms. The predicted molar refractivity (Wildman–Crippen MR) is 128 cm³/mol. The van der Waals surface area contributed by atoms with Crippen molar-refractivity contribution in [2.45, 2.75) is 38.1 Å². The van der Waals surface area contributed by atoms with Crippen molar-refractivity contribution in [1.82, 2.24) is 9.62 Å². The second-order valence-corrected chi connectivity index (χ2v) is 10.9. The number of hydrogen-bond donors (Lipinski definition) is 1. The summed E-state index contributed by atoms with van der Waals surface area (Å²) in [7, 11) is -3.70. The zero-order valence-corrected chi connectivity index (χ0v) is 20.7. The fourth-order valence-corrected chi connectivity index (χ4v) is 5.60. The molecule has 34 heavy (non-hydrogen) atoms. The van der Waals surface area contributed by atoms with Gasteiger partial charge in [0.15, 0.2) is 11.5 Å². The van der Waals surface area contributed by atoms with Crippen LogP contribution in [0.4, 0.5) is 0 Å². The molecule has 1 saturated heterocycles. The van der Waals surface area contributed by atoms with Crippen molar-refractivity contribution in [3.8, 4) is 11.5 Å². The standard InChI is InChI=1S/C25H32N2O6S/c1-17(2)24(19-6-8-22-23(15-19)33-12-4-11-32-22)26-25(28)21-16-20(7-5-18(21)3)34(29,30)27-9-13-31-14-10-27/h5-8,15-17,24H,4,9-14H2,1-3H3,(H,26,28)/t24-/m1/s1. The Morgan fingerprint density at radius 2 is 1.68 bits per heavy atom. The Balaban J connectivity index is 1.59. The van der Waals surface area contributed by atoms with Crippen LogP contribution in [0, 0.1) is 12.8 Å². The second-order valence-electron chi connectivity index (χ2n) is 8.94. The van der Waals surface area contributed by atoms with E-state index in [1.54, 1.807) is 19.1 Å². The monoisotopic (exact) mass is 488 g/mol. The van der Waals surface area contributed by atoms with Gasteiger partial charge in [0.1, 0.15) is 0 Å². The molecule has 0 unspecified atom stereocenters. The molecule has 0 spiro atoms. The molecule has 0 aromatic heterocycles. The van der Waals surface area contributed by atoms with Crippen molar-refractivity contribution in [3.05, 3.63) is 53.1 Å². The number of aryl methyl sites for hydroxylation is 1. The summed E-state index contributed by atoms with van der Waals surface area (Å²) in [6, 6.07) is 10.1. The fraction of sp³-hybridized carbons (Fsp3) is 0.480. The van der Waals surface area contributed by atoms with E-state index in [2.05, 4.69) is 5.32 Å². The number of morpholine rings is 1. The number of fused-ring (bicyclic) bond motifs is 1. The van der Waals surface area contributed by atoms with Crippen LogP contribution in [0.3, 0.4) is 0 Å². The van der Waals surface area contributed by atoms with E-state index in [1.165, 1.54) is 10.4 Å². The van der Waals surface area contributed by atoms with Gasteiger partial charge in [-0.05, 0) is 48.2 Å². The average Bonchev–Trinajstić information content (AvgIpc) is 3.08. The minimum absolute atomic E-state index is 0.0919. The molecule has 4 rings (SSSR count). The van der Waals surface area contributed by atoms with Gasteiger partial charge < -0.3 is 19.5 Å². The van der Waals surface area contributed by atoms with Crippen LogP contribution in [0.15, 0.2) is 41.3 Å². The van der Waals surface area contributed by atoms with E-state index < -0.39 is 10.0 Å². The number of nitrogens with zero attached hydrogens (tertiary/aromatic N) is 1. The summed E-state index contributed by atoms with van der Waals surface area (Å²) >= 11 is 0. The number of rotatable bonds is 6. The van der Waals surface area contributed by atoms with Crippen molar-refractivity contribution >= 4 is 15.9 Å². The van der Waals surface area contributed by atoms with E-state index in [4.69, 9.17) is 14.2 Å². The van der Waals surface area contributed by atoms with Crippen LogP contribution >= 0.6 is 0 Å². The maximum absolute atomic E-state index is 13.4. The number of carbonyl (C=O) groups is 1. The van der Waals surface area contributed by atoms with Crippen molar-refractivity contribution in [2.24, 2.45) is 5.92 Å². The summed E-state index contributed by atoms with van der Waals surface area (Å²) in [6.07, 6.45) is 0.817. The molecule has 0 bridgehead atoms. The molecule has 2 aliphatic rings. The zero-order chi connectivity index (χ0) is 24.3. The number of ether oxygens (including phenoxy) is 3. The predicted octanol–water partition coefficient (Wildman–Crippen LogP) is 3.30. The Morgan fingerprint density at radius 1 is 0.971 bits per heavy atom. The molecule has 1 atom stereocenters. The molecule has 2 aromatic carbocycles. The van der Waals surface area contributed by atoms with Gasteiger partial charge in [0.2, 0.25) is 10.0 Å². The van der Waals surface area contributed by atoms with Gasteiger partial charge in [-0.1, -0.05) is 26.0 Å².